The van der Waals surface area contributed by atoms with Crippen LogP contribution in [0.15, 0.2) is 0 Å². The average Bonchev–Trinajstić information content (AvgIpc) is 3.06. The topological polar surface area (TPSA) is 24.5 Å². The molecule has 1 heterocycles. The molecular formula is C14H28N2O. The molecule has 1 aliphatic carbocycles. The van der Waals surface area contributed by atoms with Crippen molar-refractivity contribution in [2.24, 2.45) is 0 Å². The van der Waals surface area contributed by atoms with Gasteiger partial charge in [-0.25, -0.2) is 0 Å². The van der Waals surface area contributed by atoms with E-state index in [1.165, 1.54) is 38.6 Å². The van der Waals surface area contributed by atoms with Gasteiger partial charge in [0.2, 0.25) is 0 Å². The van der Waals surface area contributed by atoms with Crippen LogP contribution in [0.1, 0.15) is 46.0 Å². The molecule has 1 N–H and O–H groups in total. The highest BCUT2D eigenvalue weighted by Gasteiger charge is 2.28. The summed E-state index contributed by atoms with van der Waals surface area (Å²) < 4.78 is 6.11. The van der Waals surface area contributed by atoms with Crippen molar-refractivity contribution in [1.82, 2.24) is 10.2 Å². The molecule has 100 valence electrons. The van der Waals surface area contributed by atoms with Gasteiger partial charge in [-0.2, -0.15) is 0 Å². The van der Waals surface area contributed by atoms with E-state index in [-0.39, 0.29) is 0 Å². The van der Waals surface area contributed by atoms with Crippen molar-refractivity contribution in [2.45, 2.75) is 64.2 Å². The summed E-state index contributed by atoms with van der Waals surface area (Å²) in [5.74, 6) is 0. The molecule has 2 aliphatic rings. The van der Waals surface area contributed by atoms with Gasteiger partial charge in [-0.15, -0.1) is 0 Å². The number of hydrogen-bond donors (Lipinski definition) is 1. The third-order valence-electron chi connectivity index (χ3n) is 3.86. The highest BCUT2D eigenvalue weighted by Crippen LogP contribution is 2.23. The summed E-state index contributed by atoms with van der Waals surface area (Å²) in [5, 5.41) is 3.57. The van der Waals surface area contributed by atoms with Crippen LogP contribution in [0.5, 0.6) is 0 Å². The first kappa shape index (κ1) is 13.3. The molecule has 1 saturated carbocycles. The highest BCUT2D eigenvalue weighted by atomic mass is 16.5. The third-order valence-corrected chi connectivity index (χ3v) is 3.86. The SMILES string of the molecule is CCCN(CC)CC1CCC(CNC2CC2)O1. The van der Waals surface area contributed by atoms with Gasteiger partial charge in [0, 0.05) is 19.1 Å². The van der Waals surface area contributed by atoms with Crippen molar-refractivity contribution < 1.29 is 4.74 Å². The first-order chi connectivity index (χ1) is 8.31. The van der Waals surface area contributed by atoms with Crippen molar-refractivity contribution in [3.63, 3.8) is 0 Å². The first-order valence-corrected chi connectivity index (χ1v) is 7.43. The highest BCUT2D eigenvalue weighted by molar-refractivity contribution is 4.84. The molecule has 0 amide bonds. The van der Waals surface area contributed by atoms with Gasteiger partial charge in [0.1, 0.15) is 0 Å². The van der Waals surface area contributed by atoms with Gasteiger partial charge in [0.15, 0.2) is 0 Å². The minimum atomic E-state index is 0.473. The van der Waals surface area contributed by atoms with E-state index in [0.717, 1.165) is 25.7 Å². The van der Waals surface area contributed by atoms with Crippen LogP contribution in [0.4, 0.5) is 0 Å². The van der Waals surface area contributed by atoms with Crippen molar-refractivity contribution in [3.8, 4) is 0 Å². The molecule has 2 fully saturated rings. The summed E-state index contributed by atoms with van der Waals surface area (Å²) in [6.45, 7) is 9.06. The normalized spacial score (nSPS) is 29.1. The van der Waals surface area contributed by atoms with E-state index in [0.29, 0.717) is 12.2 Å². The maximum absolute atomic E-state index is 6.11. The Labute approximate surface area is 106 Å². The average molecular weight is 240 g/mol. The van der Waals surface area contributed by atoms with Crippen molar-refractivity contribution in [2.75, 3.05) is 26.2 Å². The van der Waals surface area contributed by atoms with Crippen LogP contribution in [-0.2, 0) is 4.74 Å². The Balaban J connectivity index is 1.61. The minimum Gasteiger partial charge on any atom is -0.372 e. The summed E-state index contributed by atoms with van der Waals surface area (Å²) in [7, 11) is 0. The van der Waals surface area contributed by atoms with E-state index in [4.69, 9.17) is 4.74 Å². The maximum atomic E-state index is 6.11. The van der Waals surface area contributed by atoms with Crippen molar-refractivity contribution >= 4 is 0 Å². The third kappa shape index (κ3) is 4.57. The van der Waals surface area contributed by atoms with Crippen LogP contribution in [0.3, 0.4) is 0 Å². The molecule has 0 bridgehead atoms. The molecule has 0 aromatic heterocycles. The number of rotatable bonds is 8. The molecule has 2 atom stereocenters. The van der Waals surface area contributed by atoms with Crippen LogP contribution >= 0.6 is 0 Å². The van der Waals surface area contributed by atoms with Crippen LogP contribution in [-0.4, -0.2) is 49.3 Å². The predicted molar refractivity (Wildman–Crippen MR) is 71.3 cm³/mol. The van der Waals surface area contributed by atoms with Crippen LogP contribution in [0, 0.1) is 0 Å². The molecule has 0 radical (unpaired) electrons. The lowest BCUT2D eigenvalue weighted by Gasteiger charge is -2.23. The van der Waals surface area contributed by atoms with Gasteiger partial charge < -0.3 is 15.0 Å². The predicted octanol–water partition coefficient (Wildman–Crippen LogP) is 2.02. The molecule has 0 aromatic carbocycles. The zero-order valence-electron chi connectivity index (χ0n) is 11.5. The smallest absolute Gasteiger partial charge is 0.0707 e. The largest absolute Gasteiger partial charge is 0.372 e. The zero-order valence-corrected chi connectivity index (χ0v) is 11.5. The molecule has 1 saturated heterocycles. The van der Waals surface area contributed by atoms with E-state index in [1.54, 1.807) is 0 Å². The Morgan fingerprint density at radius 1 is 1.12 bits per heavy atom. The molecular weight excluding hydrogens is 212 g/mol. The Kier molecular flexibility index (Phi) is 5.26. The van der Waals surface area contributed by atoms with Gasteiger partial charge >= 0.3 is 0 Å². The van der Waals surface area contributed by atoms with Gasteiger partial charge in [0.05, 0.1) is 12.2 Å². The van der Waals surface area contributed by atoms with E-state index in [9.17, 15) is 0 Å². The fourth-order valence-corrected chi connectivity index (χ4v) is 2.63. The fraction of sp³-hybridized carbons (Fsp3) is 1.00. The number of nitrogens with zero attached hydrogens (tertiary/aromatic N) is 1. The second-order valence-corrected chi connectivity index (χ2v) is 5.53. The quantitative estimate of drug-likeness (QED) is 0.702. The lowest BCUT2D eigenvalue weighted by molar-refractivity contribution is 0.0241. The molecule has 3 heteroatoms. The number of ether oxygens (including phenoxy) is 1. The van der Waals surface area contributed by atoms with Crippen LogP contribution < -0.4 is 5.32 Å². The van der Waals surface area contributed by atoms with Gasteiger partial charge in [-0.3, -0.25) is 0 Å². The second-order valence-electron chi connectivity index (χ2n) is 5.53. The van der Waals surface area contributed by atoms with E-state index in [1.807, 2.05) is 0 Å². The molecule has 0 aromatic rings. The first-order valence-electron chi connectivity index (χ1n) is 7.43. The standard InChI is InChI=1S/C14H28N2O/c1-3-9-16(4-2)11-14-8-7-13(17-14)10-15-12-5-6-12/h12-15H,3-11H2,1-2H3. The number of likely N-dealkylation sites (N-methyl/N-ethyl adjacent to an activating group) is 1. The number of hydrogen-bond acceptors (Lipinski definition) is 3. The van der Waals surface area contributed by atoms with Crippen LogP contribution in [0.2, 0.25) is 0 Å². The Morgan fingerprint density at radius 3 is 2.53 bits per heavy atom. The fourth-order valence-electron chi connectivity index (χ4n) is 2.63. The molecule has 17 heavy (non-hydrogen) atoms. The summed E-state index contributed by atoms with van der Waals surface area (Å²) in [4.78, 5) is 2.52. The summed E-state index contributed by atoms with van der Waals surface area (Å²) >= 11 is 0. The molecule has 2 rings (SSSR count). The van der Waals surface area contributed by atoms with Crippen molar-refractivity contribution in [3.05, 3.63) is 0 Å². The maximum Gasteiger partial charge on any atom is 0.0707 e. The Hall–Kier alpha value is -0.120. The summed E-state index contributed by atoms with van der Waals surface area (Å²) in [6, 6.07) is 0.810. The lowest BCUT2D eigenvalue weighted by atomic mass is 10.2. The molecule has 1 aliphatic heterocycles. The number of nitrogens with one attached hydrogen (secondary N) is 1. The Bertz CT molecular complexity index is 218. The van der Waals surface area contributed by atoms with Gasteiger partial charge in [0.25, 0.3) is 0 Å². The summed E-state index contributed by atoms with van der Waals surface area (Å²) in [5.41, 5.74) is 0. The van der Waals surface area contributed by atoms with E-state index >= 15 is 0 Å². The van der Waals surface area contributed by atoms with Crippen LogP contribution in [0.25, 0.3) is 0 Å². The second kappa shape index (κ2) is 6.72. The van der Waals surface area contributed by atoms with Gasteiger partial charge in [-0.05, 0) is 45.2 Å². The van der Waals surface area contributed by atoms with E-state index in [2.05, 4.69) is 24.1 Å². The molecule has 0 spiro atoms. The summed E-state index contributed by atoms with van der Waals surface area (Å²) in [6.07, 6.45) is 7.43. The molecule has 3 nitrogen and oxygen atoms in total. The minimum absolute atomic E-state index is 0.473. The molecule has 2 unspecified atom stereocenters. The van der Waals surface area contributed by atoms with E-state index < -0.39 is 0 Å². The lowest BCUT2D eigenvalue weighted by Crippen LogP contribution is -2.34. The van der Waals surface area contributed by atoms with Crippen molar-refractivity contribution in [1.29, 1.82) is 0 Å². The zero-order chi connectivity index (χ0) is 12.1. The monoisotopic (exact) mass is 240 g/mol. The Morgan fingerprint density at radius 2 is 1.88 bits per heavy atom. The van der Waals surface area contributed by atoms with Gasteiger partial charge in [-0.1, -0.05) is 13.8 Å².